The Morgan fingerprint density at radius 3 is 2.48 bits per heavy atom. The van der Waals surface area contributed by atoms with Gasteiger partial charge in [0, 0.05) is 22.1 Å². The van der Waals surface area contributed by atoms with Gasteiger partial charge in [-0.2, -0.15) is 0 Å². The number of urea groups is 1. The predicted molar refractivity (Wildman–Crippen MR) is 127 cm³/mol. The number of nitrogens with zero attached hydrogens (tertiary/aromatic N) is 2. The highest BCUT2D eigenvalue weighted by molar-refractivity contribution is 6.32. The van der Waals surface area contributed by atoms with E-state index in [9.17, 15) is 14.4 Å². The van der Waals surface area contributed by atoms with Crippen LogP contribution >= 0.6 is 11.6 Å². The van der Waals surface area contributed by atoms with Crippen LogP contribution in [-0.2, 0) is 9.53 Å². The number of aryl methyl sites for hydroxylation is 1. The number of benzene rings is 2. The summed E-state index contributed by atoms with van der Waals surface area (Å²) < 4.78 is 6.89. The Kier molecular flexibility index (Phi) is 5.82. The number of rotatable bonds is 4. The van der Waals surface area contributed by atoms with E-state index in [0.29, 0.717) is 16.3 Å². The van der Waals surface area contributed by atoms with Crippen molar-refractivity contribution in [2.45, 2.75) is 20.8 Å². The number of hydrogen-bond acceptors (Lipinski definition) is 4. The van der Waals surface area contributed by atoms with Gasteiger partial charge in [-0.25, -0.2) is 14.5 Å². The number of methoxy groups -OCH3 is 1. The van der Waals surface area contributed by atoms with Crippen molar-refractivity contribution in [3.63, 3.8) is 0 Å². The second-order valence-corrected chi connectivity index (χ2v) is 8.15. The van der Waals surface area contributed by atoms with Gasteiger partial charge in [0.1, 0.15) is 5.70 Å². The summed E-state index contributed by atoms with van der Waals surface area (Å²) in [6, 6.07) is 13.4. The topological polar surface area (TPSA) is 80.6 Å². The van der Waals surface area contributed by atoms with Crippen molar-refractivity contribution in [1.29, 1.82) is 0 Å². The molecule has 3 amide bonds. The van der Waals surface area contributed by atoms with Gasteiger partial charge in [0.25, 0.3) is 5.91 Å². The van der Waals surface area contributed by atoms with Gasteiger partial charge in [0.15, 0.2) is 0 Å². The predicted octanol–water partition coefficient (Wildman–Crippen LogP) is 4.94. The smallest absolute Gasteiger partial charge is 0.338 e. The molecule has 7 nitrogen and oxygen atoms in total. The third-order valence-electron chi connectivity index (χ3n) is 5.67. The number of imide groups is 1. The van der Waals surface area contributed by atoms with E-state index >= 15 is 0 Å². The lowest BCUT2D eigenvalue weighted by atomic mass is 10.1. The number of ether oxygens (including phenoxy) is 1. The molecular formula is C25H22ClN3O4. The first kappa shape index (κ1) is 22.4. The van der Waals surface area contributed by atoms with Gasteiger partial charge in [-0.05, 0) is 74.4 Å². The normalized spacial score (nSPS) is 14.7. The number of amides is 3. The highest BCUT2D eigenvalue weighted by Crippen LogP contribution is 2.29. The number of hydrogen-bond donors (Lipinski definition) is 1. The minimum Gasteiger partial charge on any atom is -0.465 e. The fraction of sp³-hybridized carbons (Fsp3) is 0.160. The quantitative estimate of drug-likeness (QED) is 0.337. The van der Waals surface area contributed by atoms with Crippen molar-refractivity contribution in [2.24, 2.45) is 0 Å². The Hall–Kier alpha value is -3.84. The van der Waals surface area contributed by atoms with Gasteiger partial charge in [0.05, 0.1) is 18.4 Å². The molecule has 0 radical (unpaired) electrons. The Labute approximate surface area is 196 Å². The van der Waals surface area contributed by atoms with Crippen molar-refractivity contribution in [2.75, 3.05) is 12.0 Å². The number of carbonyl (C=O) groups excluding carboxylic acids is 3. The first-order valence-electron chi connectivity index (χ1n) is 10.2. The molecule has 2 heterocycles. The molecule has 3 aromatic rings. The molecule has 0 saturated carbocycles. The van der Waals surface area contributed by atoms with Gasteiger partial charge < -0.3 is 14.6 Å². The molecule has 4 rings (SSSR count). The fourth-order valence-corrected chi connectivity index (χ4v) is 4.23. The molecular weight excluding hydrogens is 442 g/mol. The van der Waals surface area contributed by atoms with E-state index in [4.69, 9.17) is 16.3 Å². The van der Waals surface area contributed by atoms with E-state index in [-0.39, 0.29) is 5.70 Å². The van der Waals surface area contributed by atoms with Crippen LogP contribution in [0.25, 0.3) is 11.8 Å². The van der Waals surface area contributed by atoms with Crippen LogP contribution in [0.15, 0.2) is 54.2 Å². The number of carbonyl (C=O) groups is 3. The zero-order chi connectivity index (χ0) is 23.9. The van der Waals surface area contributed by atoms with Crippen LogP contribution in [0.4, 0.5) is 10.5 Å². The van der Waals surface area contributed by atoms with Crippen LogP contribution in [0, 0.1) is 20.8 Å². The molecule has 1 fully saturated rings. The van der Waals surface area contributed by atoms with Gasteiger partial charge in [-0.1, -0.05) is 23.7 Å². The van der Waals surface area contributed by atoms with E-state index in [1.165, 1.54) is 7.11 Å². The standard InChI is InChI=1S/C25H22ClN3O4/c1-14-11-17(16(3)28(14)22-10-6-9-20(15(22)2)24(31)33-4)12-21-23(30)29(25(32)27-21)19-8-5-7-18(26)13-19/h5-13H,1-4H3,(H,27,32)/b21-12+. The summed E-state index contributed by atoms with van der Waals surface area (Å²) >= 11 is 6.02. The second-order valence-electron chi connectivity index (χ2n) is 7.71. The van der Waals surface area contributed by atoms with E-state index in [1.807, 2.05) is 37.5 Å². The summed E-state index contributed by atoms with van der Waals surface area (Å²) in [5, 5.41) is 3.07. The number of anilines is 1. The minimum absolute atomic E-state index is 0.167. The van der Waals surface area contributed by atoms with Gasteiger partial charge in [-0.3, -0.25) is 4.79 Å². The third kappa shape index (κ3) is 3.91. The molecule has 33 heavy (non-hydrogen) atoms. The van der Waals surface area contributed by atoms with E-state index < -0.39 is 17.9 Å². The lowest BCUT2D eigenvalue weighted by Gasteiger charge is -2.15. The molecule has 168 valence electrons. The van der Waals surface area contributed by atoms with Crippen molar-refractivity contribution in [3.8, 4) is 5.69 Å². The minimum atomic E-state index is -0.538. The number of halogens is 1. The first-order valence-corrected chi connectivity index (χ1v) is 10.6. The average Bonchev–Trinajstić information content (AvgIpc) is 3.22. The molecule has 0 atom stereocenters. The van der Waals surface area contributed by atoms with Crippen molar-refractivity contribution >= 4 is 41.3 Å². The molecule has 0 unspecified atom stereocenters. The van der Waals surface area contributed by atoms with Crippen molar-refractivity contribution < 1.29 is 19.1 Å². The van der Waals surface area contributed by atoms with E-state index in [1.54, 1.807) is 42.5 Å². The molecule has 1 aliphatic rings. The molecule has 1 N–H and O–H groups in total. The Morgan fingerprint density at radius 1 is 1.06 bits per heavy atom. The summed E-state index contributed by atoms with van der Waals surface area (Å²) in [6.45, 7) is 5.72. The van der Waals surface area contributed by atoms with Crippen LogP contribution in [0.3, 0.4) is 0 Å². The number of nitrogens with one attached hydrogen (secondary N) is 1. The molecule has 0 aliphatic carbocycles. The average molecular weight is 464 g/mol. The first-order chi connectivity index (χ1) is 15.7. The van der Waals surface area contributed by atoms with Crippen LogP contribution in [-0.4, -0.2) is 29.6 Å². The highest BCUT2D eigenvalue weighted by Gasteiger charge is 2.35. The zero-order valence-corrected chi connectivity index (χ0v) is 19.4. The summed E-state index contributed by atoms with van der Waals surface area (Å²) in [6.07, 6.45) is 1.66. The molecule has 8 heteroatoms. The van der Waals surface area contributed by atoms with E-state index in [2.05, 4.69) is 5.32 Å². The molecule has 1 aliphatic heterocycles. The lowest BCUT2D eigenvalue weighted by molar-refractivity contribution is -0.113. The third-order valence-corrected chi connectivity index (χ3v) is 5.90. The summed E-state index contributed by atoms with van der Waals surface area (Å²) in [4.78, 5) is 38.7. The highest BCUT2D eigenvalue weighted by atomic mass is 35.5. The molecule has 0 bridgehead atoms. The SMILES string of the molecule is COC(=O)c1cccc(-n2c(C)cc(/C=C3/NC(=O)N(c4cccc(Cl)c4)C3=O)c2C)c1C. The van der Waals surface area contributed by atoms with Crippen LogP contribution in [0.2, 0.25) is 5.02 Å². The lowest BCUT2D eigenvalue weighted by Crippen LogP contribution is -2.30. The Balaban J connectivity index is 1.74. The van der Waals surface area contributed by atoms with Crippen LogP contribution < -0.4 is 10.2 Å². The van der Waals surface area contributed by atoms with Gasteiger partial charge in [-0.15, -0.1) is 0 Å². The largest absolute Gasteiger partial charge is 0.465 e. The van der Waals surface area contributed by atoms with Gasteiger partial charge >= 0.3 is 12.0 Å². The maximum absolute atomic E-state index is 13.0. The zero-order valence-electron chi connectivity index (χ0n) is 18.6. The molecule has 1 saturated heterocycles. The van der Waals surface area contributed by atoms with Crippen molar-refractivity contribution in [3.05, 3.63) is 87.3 Å². The summed E-state index contributed by atoms with van der Waals surface area (Å²) in [7, 11) is 1.35. The second kappa shape index (κ2) is 8.60. The molecule has 2 aromatic carbocycles. The Bertz CT molecular complexity index is 1340. The van der Waals surface area contributed by atoms with Gasteiger partial charge in [0.2, 0.25) is 0 Å². The van der Waals surface area contributed by atoms with Crippen LogP contribution in [0.1, 0.15) is 32.9 Å². The summed E-state index contributed by atoms with van der Waals surface area (Å²) in [5.41, 5.74) is 5.20. The van der Waals surface area contributed by atoms with E-state index in [0.717, 1.165) is 33.1 Å². The molecule has 0 spiro atoms. The van der Waals surface area contributed by atoms with Crippen molar-refractivity contribution in [1.82, 2.24) is 9.88 Å². The van der Waals surface area contributed by atoms with Crippen LogP contribution in [0.5, 0.6) is 0 Å². The number of esters is 1. The molecule has 1 aromatic heterocycles. The summed E-state index contributed by atoms with van der Waals surface area (Å²) in [5.74, 6) is -0.865. The monoisotopic (exact) mass is 463 g/mol. The fourth-order valence-electron chi connectivity index (χ4n) is 4.04. The maximum atomic E-state index is 13.0. The number of aromatic nitrogens is 1. The maximum Gasteiger partial charge on any atom is 0.338 e. The Morgan fingerprint density at radius 2 is 1.79 bits per heavy atom.